The Kier molecular flexibility index (Phi) is 5.53. The Morgan fingerprint density at radius 3 is 2.62 bits per heavy atom. The fourth-order valence-corrected chi connectivity index (χ4v) is 2.48. The van der Waals surface area contributed by atoms with Crippen molar-refractivity contribution in [1.82, 2.24) is 0 Å². The van der Waals surface area contributed by atoms with Crippen LogP contribution in [-0.4, -0.2) is 37.9 Å². The van der Waals surface area contributed by atoms with Crippen LogP contribution >= 0.6 is 15.9 Å². The van der Waals surface area contributed by atoms with E-state index in [0.717, 1.165) is 24.8 Å². The first-order valence-electron chi connectivity index (χ1n) is 5.26. The van der Waals surface area contributed by atoms with Gasteiger partial charge in [-0.1, -0.05) is 15.9 Å². The molecule has 1 atom stereocenters. The average Bonchev–Trinajstić information content (AvgIpc) is 2.25. The second-order valence-corrected chi connectivity index (χ2v) is 4.77. The summed E-state index contributed by atoms with van der Waals surface area (Å²) in [6, 6.07) is 0. The highest BCUT2D eigenvalue weighted by Crippen LogP contribution is 2.34. The van der Waals surface area contributed by atoms with Gasteiger partial charge in [0, 0.05) is 24.0 Å². The van der Waals surface area contributed by atoms with Crippen molar-refractivity contribution in [2.24, 2.45) is 5.41 Å². The minimum Gasteiger partial charge on any atom is -0.381 e. The van der Waals surface area contributed by atoms with E-state index in [2.05, 4.69) is 20.7 Å². The van der Waals surface area contributed by atoms with Gasteiger partial charge in [0.15, 0.2) is 0 Å². The molecule has 0 amide bonds. The Hall–Kier alpha value is 0.190. The van der Waals surface area contributed by atoms with Gasteiger partial charge in [0.2, 0.25) is 0 Å². The number of hydrogen-bond acceptors (Lipinski definition) is 2. The highest BCUT2D eigenvalue weighted by Gasteiger charge is 2.32. The zero-order chi connectivity index (χ0) is 12.1. The van der Waals surface area contributed by atoms with E-state index in [-0.39, 0.29) is 12.0 Å². The van der Waals surface area contributed by atoms with Gasteiger partial charge < -0.3 is 9.47 Å². The molecule has 16 heavy (non-hydrogen) atoms. The fraction of sp³-hybridized carbons (Fsp3) is 1.00. The van der Waals surface area contributed by atoms with Crippen LogP contribution in [0.4, 0.5) is 13.2 Å². The predicted molar refractivity (Wildman–Crippen MR) is 57.8 cm³/mol. The first-order chi connectivity index (χ1) is 7.47. The SMILES string of the molecule is FC(F)(F)COCCC1(CBr)CCCOC1. The van der Waals surface area contributed by atoms with Crippen molar-refractivity contribution in [3.8, 4) is 0 Å². The average molecular weight is 305 g/mol. The third-order valence-electron chi connectivity index (χ3n) is 2.73. The molecular formula is C10H16BrF3O2. The first-order valence-corrected chi connectivity index (χ1v) is 6.38. The number of ether oxygens (including phenoxy) is 2. The van der Waals surface area contributed by atoms with E-state index in [0.29, 0.717) is 13.0 Å². The minimum atomic E-state index is -4.23. The summed E-state index contributed by atoms with van der Waals surface area (Å²) in [6.07, 6.45) is -1.68. The standard InChI is InChI=1S/C10H16BrF3O2/c11-6-9(2-1-4-15-7-9)3-5-16-8-10(12,13)14/h1-8H2. The number of hydrogen-bond donors (Lipinski definition) is 0. The summed E-state index contributed by atoms with van der Waals surface area (Å²) >= 11 is 3.40. The van der Waals surface area contributed by atoms with E-state index < -0.39 is 12.8 Å². The van der Waals surface area contributed by atoms with Crippen molar-refractivity contribution in [3.63, 3.8) is 0 Å². The predicted octanol–water partition coefficient (Wildman–Crippen LogP) is 3.15. The van der Waals surface area contributed by atoms with Crippen LogP contribution < -0.4 is 0 Å². The lowest BCUT2D eigenvalue weighted by Crippen LogP contribution is -2.35. The molecule has 0 aromatic rings. The highest BCUT2D eigenvalue weighted by molar-refractivity contribution is 9.09. The molecule has 1 unspecified atom stereocenters. The maximum atomic E-state index is 11.8. The monoisotopic (exact) mass is 304 g/mol. The lowest BCUT2D eigenvalue weighted by Gasteiger charge is -2.35. The second-order valence-electron chi connectivity index (χ2n) is 4.21. The van der Waals surface area contributed by atoms with Crippen LogP contribution in [0.15, 0.2) is 0 Å². The van der Waals surface area contributed by atoms with Crippen LogP contribution in [0.2, 0.25) is 0 Å². The molecule has 0 aromatic carbocycles. The summed E-state index contributed by atoms with van der Waals surface area (Å²) in [6.45, 7) is 0.326. The molecule has 1 saturated heterocycles. The van der Waals surface area contributed by atoms with Crippen molar-refractivity contribution in [2.75, 3.05) is 31.8 Å². The number of rotatable bonds is 5. The van der Waals surface area contributed by atoms with Gasteiger partial charge in [-0.2, -0.15) is 13.2 Å². The lowest BCUT2D eigenvalue weighted by molar-refractivity contribution is -0.176. The van der Waals surface area contributed by atoms with Gasteiger partial charge in [-0.25, -0.2) is 0 Å². The normalized spacial score (nSPS) is 27.0. The molecule has 2 nitrogen and oxygen atoms in total. The van der Waals surface area contributed by atoms with Crippen LogP contribution in [0.3, 0.4) is 0 Å². The maximum Gasteiger partial charge on any atom is 0.411 e. The Morgan fingerprint density at radius 1 is 1.38 bits per heavy atom. The summed E-state index contributed by atoms with van der Waals surface area (Å²) in [5, 5.41) is 0.745. The quantitative estimate of drug-likeness (QED) is 0.574. The summed E-state index contributed by atoms with van der Waals surface area (Å²) in [5.74, 6) is 0. The van der Waals surface area contributed by atoms with Gasteiger partial charge in [0.1, 0.15) is 6.61 Å². The molecule has 0 radical (unpaired) electrons. The third-order valence-corrected chi connectivity index (χ3v) is 3.92. The lowest BCUT2D eigenvalue weighted by atomic mass is 9.82. The van der Waals surface area contributed by atoms with Crippen molar-refractivity contribution in [2.45, 2.75) is 25.4 Å². The molecule has 6 heteroatoms. The van der Waals surface area contributed by atoms with E-state index >= 15 is 0 Å². The molecule has 96 valence electrons. The second kappa shape index (κ2) is 6.21. The summed E-state index contributed by atoms with van der Waals surface area (Å²) in [7, 11) is 0. The third kappa shape index (κ3) is 5.01. The van der Waals surface area contributed by atoms with Gasteiger partial charge in [-0.05, 0) is 19.3 Å². The van der Waals surface area contributed by atoms with Gasteiger partial charge in [0.05, 0.1) is 6.61 Å². The van der Waals surface area contributed by atoms with Crippen LogP contribution in [0.1, 0.15) is 19.3 Å². The van der Waals surface area contributed by atoms with Gasteiger partial charge in [-0.3, -0.25) is 0 Å². The molecule has 1 aliphatic rings. The molecule has 0 aromatic heterocycles. The number of halogens is 4. The van der Waals surface area contributed by atoms with Crippen LogP contribution in [-0.2, 0) is 9.47 Å². The van der Waals surface area contributed by atoms with Crippen molar-refractivity contribution in [3.05, 3.63) is 0 Å². The van der Waals surface area contributed by atoms with Crippen molar-refractivity contribution < 1.29 is 22.6 Å². The maximum absolute atomic E-state index is 11.8. The zero-order valence-electron chi connectivity index (χ0n) is 8.99. The summed E-state index contributed by atoms with van der Waals surface area (Å²) in [5.41, 5.74) is -0.0517. The van der Waals surface area contributed by atoms with E-state index in [1.54, 1.807) is 0 Å². The van der Waals surface area contributed by atoms with Crippen molar-refractivity contribution in [1.29, 1.82) is 0 Å². The highest BCUT2D eigenvalue weighted by atomic mass is 79.9. The molecule has 1 aliphatic heterocycles. The topological polar surface area (TPSA) is 18.5 Å². The van der Waals surface area contributed by atoms with E-state index in [9.17, 15) is 13.2 Å². The zero-order valence-corrected chi connectivity index (χ0v) is 10.6. The van der Waals surface area contributed by atoms with E-state index in [1.165, 1.54) is 0 Å². The van der Waals surface area contributed by atoms with Crippen LogP contribution in [0.25, 0.3) is 0 Å². The molecular weight excluding hydrogens is 289 g/mol. The summed E-state index contributed by atoms with van der Waals surface area (Å²) in [4.78, 5) is 0. The van der Waals surface area contributed by atoms with E-state index in [4.69, 9.17) is 4.74 Å². The Morgan fingerprint density at radius 2 is 2.12 bits per heavy atom. The molecule has 0 aliphatic carbocycles. The smallest absolute Gasteiger partial charge is 0.381 e. The van der Waals surface area contributed by atoms with Gasteiger partial charge in [0.25, 0.3) is 0 Å². The molecule has 1 rings (SSSR count). The van der Waals surface area contributed by atoms with E-state index in [1.807, 2.05) is 0 Å². The molecule has 0 bridgehead atoms. The molecule has 0 spiro atoms. The van der Waals surface area contributed by atoms with Gasteiger partial charge in [-0.15, -0.1) is 0 Å². The van der Waals surface area contributed by atoms with Crippen LogP contribution in [0, 0.1) is 5.41 Å². The molecule has 0 saturated carbocycles. The Bertz CT molecular complexity index is 203. The van der Waals surface area contributed by atoms with Crippen LogP contribution in [0.5, 0.6) is 0 Å². The Balaban J connectivity index is 2.23. The number of alkyl halides is 4. The molecule has 0 N–H and O–H groups in total. The largest absolute Gasteiger partial charge is 0.411 e. The van der Waals surface area contributed by atoms with Crippen molar-refractivity contribution >= 4 is 15.9 Å². The molecule has 1 heterocycles. The first kappa shape index (κ1) is 14.3. The Labute approximate surface area is 102 Å². The fourth-order valence-electron chi connectivity index (χ4n) is 1.76. The van der Waals surface area contributed by atoms with Gasteiger partial charge >= 0.3 is 6.18 Å². The summed E-state index contributed by atoms with van der Waals surface area (Å²) < 4.78 is 45.5. The minimum absolute atomic E-state index is 0.0517. The molecule has 1 fully saturated rings.